The van der Waals surface area contributed by atoms with E-state index in [1.807, 2.05) is 41.5 Å². The van der Waals surface area contributed by atoms with Crippen molar-refractivity contribution in [1.82, 2.24) is 0 Å². The zero-order valence-corrected chi connectivity index (χ0v) is 44.5. The zero-order chi connectivity index (χ0) is 50.0. The van der Waals surface area contributed by atoms with E-state index < -0.39 is 28.4 Å². The van der Waals surface area contributed by atoms with E-state index in [-0.39, 0.29) is 34.3 Å². The Morgan fingerprint density at radius 1 is 0.500 bits per heavy atom. The quantitative estimate of drug-likeness (QED) is 0.0601. The minimum Gasteiger partial charge on any atom is -0.301 e. The highest BCUT2D eigenvalue weighted by Gasteiger charge is 2.36. The lowest BCUT2D eigenvalue weighted by Gasteiger charge is -2.31. The van der Waals surface area contributed by atoms with E-state index in [0.717, 1.165) is 70.6 Å². The third-order valence-electron chi connectivity index (χ3n) is 11.2. The summed E-state index contributed by atoms with van der Waals surface area (Å²) in [6.07, 6.45) is 13.0. The molecule has 0 saturated carbocycles. The second kappa shape index (κ2) is 30.0. The normalized spacial score (nSPS) is 13.2. The van der Waals surface area contributed by atoms with Crippen molar-refractivity contribution in [2.45, 2.75) is 260 Å². The van der Waals surface area contributed by atoms with Crippen LogP contribution in [0.1, 0.15) is 249 Å². The van der Waals surface area contributed by atoms with E-state index in [1.165, 1.54) is 6.42 Å². The van der Waals surface area contributed by atoms with Gasteiger partial charge < -0.3 is 9.78 Å². The molecular formula is C50H100O12. The second-order valence-corrected chi connectivity index (χ2v) is 23.7. The summed E-state index contributed by atoms with van der Waals surface area (Å²) >= 11 is 0. The van der Waals surface area contributed by atoms with Gasteiger partial charge in [0.05, 0.1) is 16.7 Å². The maximum Gasteiger partial charge on any atom is 0.347 e. The molecule has 0 amide bonds. The molecule has 0 fully saturated rings. The first kappa shape index (κ1) is 66.3. The van der Waals surface area contributed by atoms with Crippen molar-refractivity contribution in [2.24, 2.45) is 38.4 Å². The molecule has 1 unspecified atom stereocenters. The summed E-state index contributed by atoms with van der Waals surface area (Å²) in [5, 5.41) is 16.9. The highest BCUT2D eigenvalue weighted by molar-refractivity contribution is 5.75. The molecule has 1 atom stereocenters. The monoisotopic (exact) mass is 893 g/mol. The fourth-order valence-electron chi connectivity index (χ4n) is 5.35. The van der Waals surface area contributed by atoms with Crippen LogP contribution in [0.3, 0.4) is 0 Å². The van der Waals surface area contributed by atoms with E-state index in [9.17, 15) is 19.2 Å². The van der Waals surface area contributed by atoms with Gasteiger partial charge >= 0.3 is 23.9 Å². The van der Waals surface area contributed by atoms with Crippen LogP contribution in [0, 0.1) is 38.4 Å². The van der Waals surface area contributed by atoms with Crippen LogP contribution in [0.4, 0.5) is 0 Å². The molecule has 0 aromatic carbocycles. The SMILES string of the molecule is CCC(C)(C)C(CCCCC(C)(C)C)C(=O)OO.CCC(C)(C)CC(C)(C)C(=O)OO.CCC(C)(C)OOC(=O)C(C)(C)C.CCC(C)(C)OOC(=O)CCCCCC(C)(C)C. The third kappa shape index (κ3) is 37.1. The number of carbonyl (C=O) groups is 4. The van der Waals surface area contributed by atoms with Crippen molar-refractivity contribution in [1.29, 1.82) is 0 Å². The number of rotatable bonds is 22. The zero-order valence-electron chi connectivity index (χ0n) is 44.5. The maximum atomic E-state index is 11.6. The van der Waals surface area contributed by atoms with Crippen molar-refractivity contribution in [3.63, 3.8) is 0 Å². The fourth-order valence-corrected chi connectivity index (χ4v) is 5.35. The molecule has 0 rings (SSSR count). The van der Waals surface area contributed by atoms with Gasteiger partial charge in [-0.2, -0.15) is 20.3 Å². The van der Waals surface area contributed by atoms with Crippen LogP contribution in [0.25, 0.3) is 0 Å². The topological polar surface area (TPSA) is 164 Å². The van der Waals surface area contributed by atoms with Gasteiger partial charge in [-0.25, -0.2) is 19.2 Å². The van der Waals surface area contributed by atoms with Crippen LogP contribution in [0.5, 0.6) is 0 Å². The summed E-state index contributed by atoms with van der Waals surface area (Å²) < 4.78 is 0. The van der Waals surface area contributed by atoms with Crippen molar-refractivity contribution in [3.8, 4) is 0 Å². The van der Waals surface area contributed by atoms with Crippen molar-refractivity contribution >= 4 is 23.9 Å². The Hall–Kier alpha value is -2.28. The van der Waals surface area contributed by atoms with Gasteiger partial charge in [0.15, 0.2) is 0 Å². The molecule has 0 saturated heterocycles. The van der Waals surface area contributed by atoms with Crippen molar-refractivity contribution in [3.05, 3.63) is 0 Å². The van der Waals surface area contributed by atoms with Gasteiger partial charge in [0.1, 0.15) is 11.2 Å². The average Bonchev–Trinajstić information content (AvgIpc) is 3.14. The van der Waals surface area contributed by atoms with Crippen LogP contribution < -0.4 is 0 Å². The number of hydrogen-bond acceptors (Lipinski definition) is 12. The Morgan fingerprint density at radius 3 is 1.29 bits per heavy atom. The molecular weight excluding hydrogens is 793 g/mol. The standard InChI is InChI=1S/2C15H30O3.2C10H20O3/c1-7-15(5,6)12(13(16)18-17)10-8-9-11-14(2,3)4;1-7-15(5,6)18-17-13(16)11-9-8-10-12-14(2,3)4;1-7-10(5,6)13-12-8(11)9(2,3)4;1-6-9(2,3)7-10(4,5)8(11)13-12/h12,17H,7-11H2,1-6H3;7-12H2,1-6H3;7H2,1-6H3;12H,6-7H2,1-5H3. The smallest absolute Gasteiger partial charge is 0.301 e. The fraction of sp³-hybridized carbons (Fsp3) is 0.920. The highest BCUT2D eigenvalue weighted by atomic mass is 17.2. The largest absolute Gasteiger partial charge is 0.347 e. The Kier molecular flexibility index (Phi) is 32.1. The summed E-state index contributed by atoms with van der Waals surface area (Å²) in [5.74, 6) is -1.86. The van der Waals surface area contributed by atoms with Gasteiger partial charge in [0.25, 0.3) is 0 Å². The van der Waals surface area contributed by atoms with E-state index in [4.69, 9.17) is 30.1 Å². The maximum absolute atomic E-state index is 11.6. The molecule has 0 heterocycles. The van der Waals surface area contributed by atoms with E-state index >= 15 is 0 Å². The molecule has 0 aliphatic carbocycles. The molecule has 12 nitrogen and oxygen atoms in total. The summed E-state index contributed by atoms with van der Waals surface area (Å²) in [5.41, 5.74) is -1.22. The lowest BCUT2D eigenvalue weighted by atomic mass is 9.74. The molecule has 12 heteroatoms. The van der Waals surface area contributed by atoms with Crippen LogP contribution in [-0.4, -0.2) is 45.6 Å². The van der Waals surface area contributed by atoms with E-state index in [1.54, 1.807) is 34.6 Å². The van der Waals surface area contributed by atoms with E-state index in [0.29, 0.717) is 23.7 Å². The Balaban J connectivity index is -0.000000366. The summed E-state index contributed by atoms with van der Waals surface area (Å²) in [6, 6.07) is 0. The summed E-state index contributed by atoms with van der Waals surface area (Å²) in [4.78, 5) is 72.9. The molecule has 0 spiro atoms. The predicted octanol–water partition coefficient (Wildman–Crippen LogP) is 14.9. The predicted molar refractivity (Wildman–Crippen MR) is 250 cm³/mol. The molecule has 2 N–H and O–H groups in total. The van der Waals surface area contributed by atoms with Gasteiger partial charge in [0.2, 0.25) is 0 Å². The average molecular weight is 893 g/mol. The van der Waals surface area contributed by atoms with Crippen LogP contribution in [0.15, 0.2) is 0 Å². The Bertz CT molecular complexity index is 1230. The molecule has 372 valence electrons. The lowest BCUT2D eigenvalue weighted by Crippen LogP contribution is -2.31. The van der Waals surface area contributed by atoms with Crippen molar-refractivity contribution in [2.75, 3.05) is 0 Å². The number of unbranched alkanes of at least 4 members (excludes halogenated alkanes) is 3. The number of carbonyl (C=O) groups excluding carboxylic acids is 4. The molecule has 0 aromatic heterocycles. The van der Waals surface area contributed by atoms with Gasteiger partial charge in [-0.1, -0.05) is 135 Å². The molecule has 0 aromatic rings. The van der Waals surface area contributed by atoms with E-state index in [2.05, 4.69) is 92.9 Å². The van der Waals surface area contributed by atoms with Gasteiger partial charge in [0, 0.05) is 6.42 Å². The van der Waals surface area contributed by atoms with Crippen molar-refractivity contribution < 1.29 is 59.0 Å². The Morgan fingerprint density at radius 2 is 0.935 bits per heavy atom. The molecule has 0 bridgehead atoms. The molecule has 0 aliphatic heterocycles. The van der Waals surface area contributed by atoms with Crippen LogP contribution in [0.2, 0.25) is 0 Å². The first-order valence-corrected chi connectivity index (χ1v) is 23.2. The third-order valence-corrected chi connectivity index (χ3v) is 11.2. The van der Waals surface area contributed by atoms with Gasteiger partial charge in [-0.15, -0.1) is 0 Å². The minimum absolute atomic E-state index is 0.0949. The minimum atomic E-state index is -0.617. The first-order valence-electron chi connectivity index (χ1n) is 23.2. The summed E-state index contributed by atoms with van der Waals surface area (Å²) in [6.45, 7) is 46.3. The van der Waals surface area contributed by atoms with Gasteiger partial charge in [-0.05, 0) is 129 Å². The van der Waals surface area contributed by atoms with Crippen LogP contribution >= 0.6 is 0 Å². The first-order chi connectivity index (χ1) is 27.7. The second-order valence-electron chi connectivity index (χ2n) is 23.7. The number of hydrogen-bond donors (Lipinski definition) is 2. The lowest BCUT2D eigenvalue weighted by molar-refractivity contribution is -0.330. The molecule has 0 aliphatic rings. The highest BCUT2D eigenvalue weighted by Crippen LogP contribution is 2.37. The molecule has 62 heavy (non-hydrogen) atoms. The van der Waals surface area contributed by atoms with Crippen LogP contribution in [-0.2, 0) is 48.5 Å². The summed E-state index contributed by atoms with van der Waals surface area (Å²) in [7, 11) is 0. The van der Waals surface area contributed by atoms with Gasteiger partial charge in [-0.3, -0.25) is 9.78 Å². The Labute approximate surface area is 380 Å². The molecule has 0 radical (unpaired) electrons.